The van der Waals surface area contributed by atoms with Crippen molar-refractivity contribution >= 4 is 5.57 Å². The number of hydrogen-bond acceptors (Lipinski definition) is 1. The number of benzene rings is 1. The summed E-state index contributed by atoms with van der Waals surface area (Å²) in [4.78, 5) is 0. The Kier molecular flexibility index (Phi) is 2.79. The fraction of sp³-hybridized carbons (Fsp3) is 0.500. The summed E-state index contributed by atoms with van der Waals surface area (Å²) in [6, 6.07) is 7.08. The average Bonchev–Trinajstić information content (AvgIpc) is 3.13. The predicted molar refractivity (Wildman–Crippen MR) is 72.9 cm³/mol. The van der Waals surface area contributed by atoms with E-state index in [9.17, 15) is 0 Å². The van der Waals surface area contributed by atoms with Gasteiger partial charge in [-0.1, -0.05) is 31.2 Å². The van der Waals surface area contributed by atoms with Crippen molar-refractivity contribution in [3.63, 3.8) is 0 Å². The molecule has 0 spiro atoms. The van der Waals surface area contributed by atoms with Crippen molar-refractivity contribution < 1.29 is 0 Å². The number of allylic oxidation sites excluding steroid dienone is 1. The largest absolute Gasteiger partial charge is 0.330 e. The minimum absolute atomic E-state index is 0.761. The van der Waals surface area contributed by atoms with Crippen LogP contribution in [0.1, 0.15) is 48.8 Å². The first-order chi connectivity index (χ1) is 8.33. The van der Waals surface area contributed by atoms with Crippen LogP contribution in [0.2, 0.25) is 0 Å². The van der Waals surface area contributed by atoms with Gasteiger partial charge in [-0.25, -0.2) is 0 Å². The molecule has 0 aromatic heterocycles. The molecule has 17 heavy (non-hydrogen) atoms. The van der Waals surface area contributed by atoms with Gasteiger partial charge in [0.15, 0.2) is 0 Å². The highest BCUT2D eigenvalue weighted by Gasteiger charge is 2.40. The van der Waals surface area contributed by atoms with Crippen molar-refractivity contribution in [1.82, 2.24) is 0 Å². The molecule has 1 aromatic carbocycles. The van der Waals surface area contributed by atoms with Gasteiger partial charge in [-0.05, 0) is 66.3 Å². The van der Waals surface area contributed by atoms with Gasteiger partial charge in [-0.15, -0.1) is 0 Å². The van der Waals surface area contributed by atoms with Gasteiger partial charge in [0.1, 0.15) is 0 Å². The lowest BCUT2D eigenvalue weighted by Gasteiger charge is -2.13. The number of rotatable bonds is 3. The minimum Gasteiger partial charge on any atom is -0.330 e. The van der Waals surface area contributed by atoms with Crippen LogP contribution in [0.3, 0.4) is 0 Å². The van der Waals surface area contributed by atoms with E-state index in [1.54, 1.807) is 5.56 Å². The van der Waals surface area contributed by atoms with Crippen molar-refractivity contribution in [2.45, 2.75) is 38.5 Å². The summed E-state index contributed by atoms with van der Waals surface area (Å²) in [5.74, 6) is 1.75. The molecule has 0 heterocycles. The van der Waals surface area contributed by atoms with E-state index in [2.05, 4.69) is 31.2 Å². The lowest BCUT2D eigenvalue weighted by molar-refractivity contribution is 0.826. The van der Waals surface area contributed by atoms with Crippen molar-refractivity contribution in [3.05, 3.63) is 41.0 Å². The van der Waals surface area contributed by atoms with Crippen LogP contribution < -0.4 is 5.73 Å². The van der Waals surface area contributed by atoms with Crippen LogP contribution in [0.5, 0.6) is 0 Å². The third-order valence-electron chi connectivity index (χ3n) is 4.27. The molecule has 0 amide bonds. The average molecular weight is 227 g/mol. The Morgan fingerprint density at radius 3 is 3.00 bits per heavy atom. The highest BCUT2D eigenvalue weighted by molar-refractivity contribution is 5.71. The number of hydrogen-bond donors (Lipinski definition) is 1. The van der Waals surface area contributed by atoms with E-state index in [1.165, 1.54) is 29.5 Å². The van der Waals surface area contributed by atoms with E-state index in [0.29, 0.717) is 0 Å². The molecule has 1 heteroatoms. The molecule has 0 radical (unpaired) electrons. The van der Waals surface area contributed by atoms with E-state index in [4.69, 9.17) is 5.73 Å². The van der Waals surface area contributed by atoms with E-state index in [0.717, 1.165) is 31.2 Å². The maximum atomic E-state index is 5.74. The topological polar surface area (TPSA) is 26.0 Å². The van der Waals surface area contributed by atoms with Crippen molar-refractivity contribution in [1.29, 1.82) is 0 Å². The van der Waals surface area contributed by atoms with E-state index in [1.807, 2.05) is 0 Å². The lowest BCUT2D eigenvalue weighted by atomic mass is 9.93. The van der Waals surface area contributed by atoms with Crippen molar-refractivity contribution in [2.75, 3.05) is 6.54 Å². The zero-order chi connectivity index (χ0) is 11.8. The normalized spacial score (nSPS) is 25.6. The summed E-state index contributed by atoms with van der Waals surface area (Å²) in [6.45, 7) is 2.99. The van der Waals surface area contributed by atoms with Crippen LogP contribution in [-0.4, -0.2) is 6.54 Å². The van der Waals surface area contributed by atoms with E-state index < -0.39 is 0 Å². The zero-order valence-electron chi connectivity index (χ0n) is 10.6. The van der Waals surface area contributed by atoms with E-state index >= 15 is 0 Å². The van der Waals surface area contributed by atoms with Gasteiger partial charge in [-0.2, -0.15) is 0 Å². The Labute approximate surface area is 104 Å². The summed E-state index contributed by atoms with van der Waals surface area (Å²) in [6.07, 6.45) is 7.25. The lowest BCUT2D eigenvalue weighted by Crippen LogP contribution is -2.02. The van der Waals surface area contributed by atoms with Crippen LogP contribution in [0, 0.1) is 5.92 Å². The maximum absolute atomic E-state index is 5.74. The maximum Gasteiger partial charge on any atom is -0.00366 e. The molecule has 3 rings (SSSR count). The third kappa shape index (κ3) is 1.93. The summed E-state index contributed by atoms with van der Waals surface area (Å²) in [5.41, 5.74) is 11.8. The number of aryl methyl sites for hydroxylation is 1. The highest BCUT2D eigenvalue weighted by atomic mass is 14.5. The van der Waals surface area contributed by atoms with E-state index in [-0.39, 0.29) is 0 Å². The minimum atomic E-state index is 0.761. The molecule has 90 valence electrons. The molecular formula is C16H21N. The van der Waals surface area contributed by atoms with Gasteiger partial charge in [0.2, 0.25) is 0 Å². The Bertz CT molecular complexity index is 459. The predicted octanol–water partition coefficient (Wildman–Crippen LogP) is 3.49. The van der Waals surface area contributed by atoms with Crippen LogP contribution in [0.25, 0.3) is 5.57 Å². The first-order valence-corrected chi connectivity index (χ1v) is 6.85. The molecule has 1 saturated carbocycles. The summed E-state index contributed by atoms with van der Waals surface area (Å²) >= 11 is 0. The first kappa shape index (κ1) is 11.0. The molecule has 2 aliphatic carbocycles. The molecular weight excluding hydrogens is 206 g/mol. The Balaban J connectivity index is 2.06. The molecule has 0 aliphatic heterocycles. The molecule has 1 aromatic rings. The fourth-order valence-corrected chi connectivity index (χ4v) is 3.11. The molecule has 0 bridgehead atoms. The second kappa shape index (κ2) is 4.30. The van der Waals surface area contributed by atoms with Crippen LogP contribution in [0.15, 0.2) is 24.3 Å². The summed E-state index contributed by atoms with van der Waals surface area (Å²) in [5, 5.41) is 0. The Hall–Kier alpha value is -1.08. The molecule has 1 fully saturated rings. The number of nitrogens with two attached hydrogens (primary N) is 1. The van der Waals surface area contributed by atoms with Gasteiger partial charge in [0.25, 0.3) is 0 Å². The van der Waals surface area contributed by atoms with Gasteiger partial charge >= 0.3 is 0 Å². The number of fused-ring (bicyclic) bond motifs is 3. The van der Waals surface area contributed by atoms with Gasteiger partial charge in [0.05, 0.1) is 0 Å². The third-order valence-corrected chi connectivity index (χ3v) is 4.27. The summed E-state index contributed by atoms with van der Waals surface area (Å²) < 4.78 is 0. The molecule has 0 saturated heterocycles. The second-order valence-electron chi connectivity index (χ2n) is 5.38. The van der Waals surface area contributed by atoms with Crippen LogP contribution in [0.4, 0.5) is 0 Å². The Morgan fingerprint density at radius 1 is 1.35 bits per heavy atom. The Morgan fingerprint density at radius 2 is 2.24 bits per heavy atom. The molecule has 2 unspecified atom stereocenters. The molecule has 2 atom stereocenters. The SMILES string of the molecule is CCc1ccc2c(c1)C(CCN)=CCC1CC21. The fourth-order valence-electron chi connectivity index (χ4n) is 3.11. The van der Waals surface area contributed by atoms with Gasteiger partial charge in [-0.3, -0.25) is 0 Å². The smallest absolute Gasteiger partial charge is 0.00366 e. The standard InChI is InChI=1S/C16H21N/c1-2-11-3-6-14-15(9-11)12(7-8-17)4-5-13-10-16(13)14/h3-4,6,9,13,16H,2,5,7-8,10,17H2,1H3. The first-order valence-electron chi connectivity index (χ1n) is 6.85. The molecule has 2 aliphatic rings. The highest BCUT2D eigenvalue weighted by Crippen LogP contribution is 2.54. The zero-order valence-corrected chi connectivity index (χ0v) is 10.6. The monoisotopic (exact) mass is 227 g/mol. The molecule has 2 N–H and O–H groups in total. The molecule has 1 nitrogen and oxygen atoms in total. The quantitative estimate of drug-likeness (QED) is 0.840. The van der Waals surface area contributed by atoms with Crippen LogP contribution >= 0.6 is 0 Å². The van der Waals surface area contributed by atoms with Crippen molar-refractivity contribution in [3.8, 4) is 0 Å². The van der Waals surface area contributed by atoms with Gasteiger partial charge in [0, 0.05) is 0 Å². The van der Waals surface area contributed by atoms with Crippen LogP contribution in [-0.2, 0) is 6.42 Å². The van der Waals surface area contributed by atoms with Crippen molar-refractivity contribution in [2.24, 2.45) is 11.7 Å². The van der Waals surface area contributed by atoms with Gasteiger partial charge < -0.3 is 5.73 Å². The summed E-state index contributed by atoms with van der Waals surface area (Å²) in [7, 11) is 0. The second-order valence-corrected chi connectivity index (χ2v) is 5.38.